The van der Waals surface area contributed by atoms with Gasteiger partial charge in [0.1, 0.15) is 0 Å². The fraction of sp³-hybridized carbons (Fsp3) is 0.105. The minimum absolute atomic E-state index is 0.315. The van der Waals surface area contributed by atoms with Gasteiger partial charge in [0.2, 0.25) is 0 Å². The van der Waals surface area contributed by atoms with Crippen LogP contribution in [0.5, 0.6) is 0 Å². The highest BCUT2D eigenvalue weighted by atomic mass is 35.5. The summed E-state index contributed by atoms with van der Waals surface area (Å²) < 4.78 is 5.14. The van der Waals surface area contributed by atoms with Crippen molar-refractivity contribution in [3.05, 3.63) is 70.9 Å². The van der Waals surface area contributed by atoms with Crippen molar-refractivity contribution < 1.29 is 9.53 Å². The number of pyridine rings is 1. The van der Waals surface area contributed by atoms with E-state index in [4.69, 9.17) is 16.3 Å². The zero-order chi connectivity index (χ0) is 17.6. The van der Waals surface area contributed by atoms with Gasteiger partial charge in [-0.2, -0.15) is 5.10 Å². The summed E-state index contributed by atoms with van der Waals surface area (Å²) in [6, 6.07) is 16.3. The molecule has 3 rings (SSSR count). The topological polar surface area (TPSA) is 63.6 Å². The number of benzene rings is 2. The second-order valence-electron chi connectivity index (χ2n) is 5.21. The standard InChI is InChI=1S/C19H16ClN3O2/c1-2-25-19(24)17-11-15(22-18-9-4-3-8-16(17)18)12-21-23-14-7-5-6-13(20)10-14/h3-12,23H,2H2,1H3/b21-12+. The maximum atomic E-state index is 12.2. The fourth-order valence-electron chi connectivity index (χ4n) is 2.37. The average molecular weight is 354 g/mol. The van der Waals surface area contributed by atoms with E-state index in [0.29, 0.717) is 28.4 Å². The zero-order valence-electron chi connectivity index (χ0n) is 13.6. The molecule has 5 nitrogen and oxygen atoms in total. The number of para-hydroxylation sites is 1. The Morgan fingerprint density at radius 3 is 2.88 bits per heavy atom. The number of rotatable bonds is 5. The van der Waals surface area contributed by atoms with Crippen LogP contribution < -0.4 is 5.43 Å². The minimum Gasteiger partial charge on any atom is -0.462 e. The van der Waals surface area contributed by atoms with Crippen molar-refractivity contribution in [3.8, 4) is 0 Å². The lowest BCUT2D eigenvalue weighted by molar-refractivity contribution is 0.0528. The van der Waals surface area contributed by atoms with Gasteiger partial charge >= 0.3 is 5.97 Å². The Balaban J connectivity index is 1.90. The van der Waals surface area contributed by atoms with Crippen LogP contribution in [-0.2, 0) is 4.74 Å². The predicted octanol–water partition coefficient (Wildman–Crippen LogP) is 4.51. The molecule has 0 aliphatic heterocycles. The fourth-order valence-corrected chi connectivity index (χ4v) is 2.56. The molecule has 2 aromatic carbocycles. The van der Waals surface area contributed by atoms with Crippen LogP contribution in [0.25, 0.3) is 10.9 Å². The van der Waals surface area contributed by atoms with Gasteiger partial charge in [0.15, 0.2) is 0 Å². The molecule has 1 N–H and O–H groups in total. The van der Waals surface area contributed by atoms with E-state index in [9.17, 15) is 4.79 Å². The molecule has 0 bridgehead atoms. The second kappa shape index (κ2) is 7.77. The number of hydrogen-bond acceptors (Lipinski definition) is 5. The van der Waals surface area contributed by atoms with Crippen molar-refractivity contribution in [2.24, 2.45) is 5.10 Å². The molecule has 0 saturated heterocycles. The highest BCUT2D eigenvalue weighted by Crippen LogP contribution is 2.19. The number of hydrazone groups is 1. The first-order chi connectivity index (χ1) is 12.2. The number of carbonyl (C=O) groups excluding carboxylic acids is 1. The van der Waals surface area contributed by atoms with Crippen molar-refractivity contribution >= 4 is 40.4 Å². The molecule has 0 amide bonds. The lowest BCUT2D eigenvalue weighted by Gasteiger charge is -2.07. The largest absolute Gasteiger partial charge is 0.462 e. The average Bonchev–Trinajstić information content (AvgIpc) is 2.61. The van der Waals surface area contributed by atoms with Gasteiger partial charge in [0, 0.05) is 10.4 Å². The molecule has 1 heterocycles. The number of carbonyl (C=O) groups is 1. The van der Waals surface area contributed by atoms with Gasteiger partial charge in [-0.25, -0.2) is 9.78 Å². The maximum absolute atomic E-state index is 12.2. The van der Waals surface area contributed by atoms with Crippen LogP contribution in [-0.4, -0.2) is 23.8 Å². The number of anilines is 1. The lowest BCUT2D eigenvalue weighted by atomic mass is 10.1. The molecule has 25 heavy (non-hydrogen) atoms. The Morgan fingerprint density at radius 2 is 2.08 bits per heavy atom. The Morgan fingerprint density at radius 1 is 1.24 bits per heavy atom. The number of nitrogens with one attached hydrogen (secondary N) is 1. The number of esters is 1. The molecule has 0 aliphatic rings. The van der Waals surface area contributed by atoms with E-state index in [1.54, 1.807) is 31.3 Å². The maximum Gasteiger partial charge on any atom is 0.338 e. The molecule has 3 aromatic rings. The summed E-state index contributed by atoms with van der Waals surface area (Å²) in [5.74, 6) is -0.376. The zero-order valence-corrected chi connectivity index (χ0v) is 14.3. The smallest absolute Gasteiger partial charge is 0.338 e. The summed E-state index contributed by atoms with van der Waals surface area (Å²) in [5, 5.41) is 5.53. The quantitative estimate of drug-likeness (QED) is 0.416. The number of nitrogens with zero attached hydrogens (tertiary/aromatic N) is 2. The van der Waals surface area contributed by atoms with Crippen LogP contribution in [0.2, 0.25) is 5.02 Å². The van der Waals surface area contributed by atoms with Crippen LogP contribution in [0.15, 0.2) is 59.7 Å². The first kappa shape index (κ1) is 16.9. The molecule has 0 spiro atoms. The molecular weight excluding hydrogens is 338 g/mol. The van der Waals surface area contributed by atoms with Crippen molar-refractivity contribution in [1.29, 1.82) is 0 Å². The SMILES string of the molecule is CCOC(=O)c1cc(/C=N/Nc2cccc(Cl)c2)nc2ccccc12. The molecule has 1 aromatic heterocycles. The van der Waals surface area contributed by atoms with Gasteiger partial charge < -0.3 is 4.74 Å². The van der Waals surface area contributed by atoms with Crippen LogP contribution in [0, 0.1) is 0 Å². The molecule has 126 valence electrons. The van der Waals surface area contributed by atoms with Gasteiger partial charge in [-0.15, -0.1) is 0 Å². The molecule has 0 atom stereocenters. The minimum atomic E-state index is -0.376. The third kappa shape index (κ3) is 4.14. The van der Waals surface area contributed by atoms with Crippen LogP contribution in [0.4, 0.5) is 5.69 Å². The number of aromatic nitrogens is 1. The van der Waals surface area contributed by atoms with Gasteiger partial charge in [-0.3, -0.25) is 5.43 Å². The Labute approximate surface area is 150 Å². The summed E-state index contributed by atoms with van der Waals surface area (Å²) in [6.07, 6.45) is 1.55. The summed E-state index contributed by atoms with van der Waals surface area (Å²) in [4.78, 5) is 16.7. The van der Waals surface area contributed by atoms with Crippen molar-refractivity contribution in [1.82, 2.24) is 4.98 Å². The van der Waals surface area contributed by atoms with Crippen LogP contribution in [0.3, 0.4) is 0 Å². The Bertz CT molecular complexity index is 941. The summed E-state index contributed by atoms with van der Waals surface area (Å²) in [7, 11) is 0. The first-order valence-corrected chi connectivity index (χ1v) is 8.16. The number of halogens is 1. The summed E-state index contributed by atoms with van der Waals surface area (Å²) in [6.45, 7) is 2.09. The molecule has 6 heteroatoms. The predicted molar refractivity (Wildman–Crippen MR) is 100 cm³/mol. The van der Waals surface area contributed by atoms with Crippen molar-refractivity contribution in [3.63, 3.8) is 0 Å². The van der Waals surface area contributed by atoms with E-state index in [1.807, 2.05) is 36.4 Å². The highest BCUT2D eigenvalue weighted by molar-refractivity contribution is 6.30. The summed E-state index contributed by atoms with van der Waals surface area (Å²) in [5.41, 5.74) is 5.37. The molecular formula is C19H16ClN3O2. The number of ether oxygens (including phenoxy) is 1. The van der Waals surface area contributed by atoms with E-state index in [1.165, 1.54) is 0 Å². The van der Waals surface area contributed by atoms with Crippen LogP contribution in [0.1, 0.15) is 23.0 Å². The Kier molecular flexibility index (Phi) is 5.26. The number of hydrogen-bond donors (Lipinski definition) is 1. The van der Waals surface area contributed by atoms with Crippen LogP contribution >= 0.6 is 11.6 Å². The second-order valence-corrected chi connectivity index (χ2v) is 5.65. The van der Waals surface area contributed by atoms with Crippen molar-refractivity contribution in [2.45, 2.75) is 6.92 Å². The number of fused-ring (bicyclic) bond motifs is 1. The molecule has 0 radical (unpaired) electrons. The highest BCUT2D eigenvalue weighted by Gasteiger charge is 2.13. The summed E-state index contributed by atoms with van der Waals surface area (Å²) >= 11 is 5.94. The first-order valence-electron chi connectivity index (χ1n) is 7.79. The van der Waals surface area contributed by atoms with Gasteiger partial charge in [0.05, 0.1) is 35.3 Å². The van der Waals surface area contributed by atoms with Gasteiger partial charge in [-0.1, -0.05) is 35.9 Å². The van der Waals surface area contributed by atoms with Gasteiger partial charge in [-0.05, 0) is 37.3 Å². The molecule has 0 unspecified atom stereocenters. The van der Waals surface area contributed by atoms with Crippen molar-refractivity contribution in [2.75, 3.05) is 12.0 Å². The Hall–Kier alpha value is -2.92. The van der Waals surface area contributed by atoms with E-state index >= 15 is 0 Å². The molecule has 0 fully saturated rings. The van der Waals surface area contributed by atoms with E-state index < -0.39 is 0 Å². The van der Waals surface area contributed by atoms with E-state index in [2.05, 4.69) is 15.5 Å². The van der Waals surface area contributed by atoms with E-state index in [-0.39, 0.29) is 5.97 Å². The monoisotopic (exact) mass is 353 g/mol. The lowest BCUT2D eigenvalue weighted by Crippen LogP contribution is -2.07. The molecule has 0 saturated carbocycles. The molecule has 0 aliphatic carbocycles. The third-order valence-electron chi connectivity index (χ3n) is 3.45. The third-order valence-corrected chi connectivity index (χ3v) is 3.68. The van der Waals surface area contributed by atoms with E-state index in [0.717, 1.165) is 11.1 Å². The van der Waals surface area contributed by atoms with Gasteiger partial charge in [0.25, 0.3) is 0 Å². The normalized spacial score (nSPS) is 11.0.